The van der Waals surface area contributed by atoms with Gasteiger partial charge in [0.25, 0.3) is 0 Å². The van der Waals surface area contributed by atoms with Crippen LogP contribution in [0.15, 0.2) is 0 Å². The van der Waals surface area contributed by atoms with Gasteiger partial charge >= 0.3 is 0 Å². The fourth-order valence-corrected chi connectivity index (χ4v) is 3.91. The first-order chi connectivity index (χ1) is 9.17. The summed E-state index contributed by atoms with van der Waals surface area (Å²) in [7, 11) is 2.27. The first-order valence-corrected chi connectivity index (χ1v) is 8.33. The highest BCUT2D eigenvalue weighted by atomic mass is 15.3. The predicted octanol–water partition coefficient (Wildman–Crippen LogP) is 1.93. The van der Waals surface area contributed by atoms with Crippen molar-refractivity contribution in [3.05, 3.63) is 0 Å². The molecule has 0 bridgehead atoms. The highest BCUT2D eigenvalue weighted by Gasteiger charge is 2.37. The second-order valence-electron chi connectivity index (χ2n) is 7.43. The number of likely N-dealkylation sites (N-methyl/N-ethyl adjacent to an activating group) is 1. The minimum atomic E-state index is 0.595. The van der Waals surface area contributed by atoms with Crippen molar-refractivity contribution in [3.8, 4) is 0 Å². The molecule has 3 aliphatic rings. The van der Waals surface area contributed by atoms with Gasteiger partial charge < -0.3 is 10.2 Å². The van der Waals surface area contributed by atoms with Crippen molar-refractivity contribution in [1.29, 1.82) is 0 Å². The molecule has 3 heteroatoms. The Hall–Kier alpha value is -0.120. The molecule has 1 N–H and O–H groups in total. The third-order valence-electron chi connectivity index (χ3n) is 5.61. The Morgan fingerprint density at radius 1 is 1.16 bits per heavy atom. The van der Waals surface area contributed by atoms with Gasteiger partial charge in [-0.25, -0.2) is 0 Å². The third kappa shape index (κ3) is 3.50. The molecule has 2 saturated carbocycles. The van der Waals surface area contributed by atoms with Gasteiger partial charge in [0.2, 0.25) is 0 Å². The summed E-state index contributed by atoms with van der Waals surface area (Å²) in [6.07, 6.45) is 8.65. The lowest BCUT2D eigenvalue weighted by atomic mass is 9.85. The lowest BCUT2D eigenvalue weighted by molar-refractivity contribution is 0.0652. The van der Waals surface area contributed by atoms with E-state index in [9.17, 15) is 0 Å². The van der Waals surface area contributed by atoms with Crippen LogP contribution in [-0.4, -0.2) is 61.7 Å². The fraction of sp³-hybridized carbons (Fsp3) is 1.00. The predicted molar refractivity (Wildman–Crippen MR) is 80.5 cm³/mol. The Kier molecular flexibility index (Phi) is 4.16. The summed E-state index contributed by atoms with van der Waals surface area (Å²) in [5, 5.41) is 3.81. The lowest BCUT2D eigenvalue weighted by Crippen LogP contribution is -2.53. The van der Waals surface area contributed by atoms with Gasteiger partial charge in [0, 0.05) is 44.8 Å². The standard InChI is InChI=1S/C16H31N3/c1-14-11-19(10-9-18(14)2)13-16(7-3-4-8-16)12-17-15-5-6-15/h14-15,17H,3-13H2,1-2H3. The van der Waals surface area contributed by atoms with E-state index in [-0.39, 0.29) is 0 Å². The van der Waals surface area contributed by atoms with E-state index in [1.807, 2.05) is 0 Å². The van der Waals surface area contributed by atoms with Crippen molar-refractivity contribution >= 4 is 0 Å². The summed E-state index contributed by atoms with van der Waals surface area (Å²) in [5.74, 6) is 0. The number of nitrogens with one attached hydrogen (secondary N) is 1. The van der Waals surface area contributed by atoms with Gasteiger partial charge in [-0.05, 0) is 45.1 Å². The maximum Gasteiger partial charge on any atom is 0.0192 e. The highest BCUT2D eigenvalue weighted by molar-refractivity contribution is 4.93. The SMILES string of the molecule is CC1CN(CC2(CNC3CC3)CCCC2)CCN1C. The Labute approximate surface area is 118 Å². The fourth-order valence-electron chi connectivity index (χ4n) is 3.91. The summed E-state index contributed by atoms with van der Waals surface area (Å²) < 4.78 is 0. The molecule has 110 valence electrons. The average Bonchev–Trinajstić information content (AvgIpc) is 3.12. The summed E-state index contributed by atoms with van der Waals surface area (Å²) in [5.41, 5.74) is 0.595. The summed E-state index contributed by atoms with van der Waals surface area (Å²) in [6, 6.07) is 1.59. The largest absolute Gasteiger partial charge is 0.313 e. The second kappa shape index (κ2) is 5.71. The lowest BCUT2D eigenvalue weighted by Gasteiger charge is -2.42. The van der Waals surface area contributed by atoms with Gasteiger partial charge in [-0.15, -0.1) is 0 Å². The van der Waals surface area contributed by atoms with Crippen LogP contribution >= 0.6 is 0 Å². The van der Waals surface area contributed by atoms with Crippen molar-refractivity contribution < 1.29 is 0 Å². The second-order valence-corrected chi connectivity index (χ2v) is 7.43. The first-order valence-electron chi connectivity index (χ1n) is 8.33. The maximum atomic E-state index is 3.81. The van der Waals surface area contributed by atoms with Crippen LogP contribution in [0.5, 0.6) is 0 Å². The smallest absolute Gasteiger partial charge is 0.0192 e. The molecule has 1 unspecified atom stereocenters. The van der Waals surface area contributed by atoms with E-state index in [2.05, 4.69) is 29.1 Å². The molecule has 3 fully saturated rings. The first kappa shape index (κ1) is 13.8. The molecule has 3 nitrogen and oxygen atoms in total. The van der Waals surface area contributed by atoms with Crippen molar-refractivity contribution in [2.45, 2.75) is 57.5 Å². The molecule has 1 aliphatic heterocycles. The zero-order valence-electron chi connectivity index (χ0n) is 12.8. The zero-order valence-corrected chi connectivity index (χ0v) is 12.8. The number of hydrogen-bond acceptors (Lipinski definition) is 3. The van der Waals surface area contributed by atoms with Gasteiger partial charge in [0.15, 0.2) is 0 Å². The molecular formula is C16H31N3. The quantitative estimate of drug-likeness (QED) is 0.819. The maximum absolute atomic E-state index is 3.81. The minimum absolute atomic E-state index is 0.595. The van der Waals surface area contributed by atoms with E-state index in [1.54, 1.807) is 0 Å². The topological polar surface area (TPSA) is 18.5 Å². The monoisotopic (exact) mass is 265 g/mol. The van der Waals surface area contributed by atoms with E-state index in [0.29, 0.717) is 5.41 Å². The Morgan fingerprint density at radius 2 is 1.89 bits per heavy atom. The molecule has 1 atom stereocenters. The van der Waals surface area contributed by atoms with Crippen LogP contribution in [-0.2, 0) is 0 Å². The molecule has 1 heterocycles. The van der Waals surface area contributed by atoms with Gasteiger partial charge in [0.05, 0.1) is 0 Å². The molecule has 3 rings (SSSR count). The minimum Gasteiger partial charge on any atom is -0.313 e. The van der Waals surface area contributed by atoms with Gasteiger partial charge in [-0.3, -0.25) is 4.90 Å². The molecular weight excluding hydrogens is 234 g/mol. The number of rotatable bonds is 5. The van der Waals surface area contributed by atoms with E-state index in [0.717, 1.165) is 12.1 Å². The van der Waals surface area contributed by atoms with Crippen LogP contribution in [0, 0.1) is 5.41 Å². The van der Waals surface area contributed by atoms with Crippen LogP contribution in [0.4, 0.5) is 0 Å². The summed E-state index contributed by atoms with van der Waals surface area (Å²) in [4.78, 5) is 5.24. The molecule has 0 amide bonds. The molecule has 2 aliphatic carbocycles. The highest BCUT2D eigenvalue weighted by Crippen LogP contribution is 2.39. The van der Waals surface area contributed by atoms with Crippen molar-refractivity contribution in [3.63, 3.8) is 0 Å². The van der Waals surface area contributed by atoms with E-state index in [1.165, 1.54) is 71.2 Å². The van der Waals surface area contributed by atoms with Crippen molar-refractivity contribution in [2.75, 3.05) is 39.8 Å². The van der Waals surface area contributed by atoms with Crippen LogP contribution in [0.2, 0.25) is 0 Å². The normalized spacial score (nSPS) is 32.8. The molecule has 0 aromatic heterocycles. The third-order valence-corrected chi connectivity index (χ3v) is 5.61. The average molecular weight is 265 g/mol. The Bertz CT molecular complexity index is 294. The summed E-state index contributed by atoms with van der Waals surface area (Å²) in [6.45, 7) is 8.76. The number of piperazine rings is 1. The van der Waals surface area contributed by atoms with Gasteiger partial charge in [-0.2, -0.15) is 0 Å². The van der Waals surface area contributed by atoms with Crippen LogP contribution in [0.25, 0.3) is 0 Å². The zero-order chi connectivity index (χ0) is 13.3. The van der Waals surface area contributed by atoms with Gasteiger partial charge in [0.1, 0.15) is 0 Å². The van der Waals surface area contributed by atoms with Gasteiger partial charge in [-0.1, -0.05) is 12.8 Å². The van der Waals surface area contributed by atoms with Crippen LogP contribution in [0.3, 0.4) is 0 Å². The molecule has 0 radical (unpaired) electrons. The Morgan fingerprint density at radius 3 is 2.53 bits per heavy atom. The molecule has 19 heavy (non-hydrogen) atoms. The molecule has 0 spiro atoms. The molecule has 1 saturated heterocycles. The van der Waals surface area contributed by atoms with E-state index >= 15 is 0 Å². The molecule has 0 aromatic rings. The Balaban J connectivity index is 1.54. The number of hydrogen-bond donors (Lipinski definition) is 1. The molecule has 0 aromatic carbocycles. The van der Waals surface area contributed by atoms with E-state index < -0.39 is 0 Å². The van der Waals surface area contributed by atoms with Crippen LogP contribution in [0.1, 0.15) is 45.4 Å². The summed E-state index contributed by atoms with van der Waals surface area (Å²) >= 11 is 0. The van der Waals surface area contributed by atoms with Crippen LogP contribution < -0.4 is 5.32 Å². The van der Waals surface area contributed by atoms with Crippen molar-refractivity contribution in [2.24, 2.45) is 5.41 Å². The van der Waals surface area contributed by atoms with Crippen molar-refractivity contribution in [1.82, 2.24) is 15.1 Å². The number of nitrogens with zero attached hydrogens (tertiary/aromatic N) is 2. The van der Waals surface area contributed by atoms with E-state index in [4.69, 9.17) is 0 Å².